The van der Waals surface area contributed by atoms with Crippen molar-refractivity contribution in [1.82, 2.24) is 4.98 Å². The lowest BCUT2D eigenvalue weighted by Crippen LogP contribution is -2.46. The van der Waals surface area contributed by atoms with Crippen LogP contribution in [0.25, 0.3) is 0 Å². The summed E-state index contributed by atoms with van der Waals surface area (Å²) in [6.07, 6.45) is -3.51. The van der Waals surface area contributed by atoms with E-state index in [1.54, 1.807) is 0 Å². The number of anilines is 2. The van der Waals surface area contributed by atoms with Gasteiger partial charge in [0.2, 0.25) is 0 Å². The lowest BCUT2D eigenvalue weighted by Gasteiger charge is -2.41. The number of hydrogen-bond acceptors (Lipinski definition) is 5. The normalized spacial score (nSPS) is 29.4. The molecule has 1 aromatic rings. The Hall–Kier alpha value is -2.19. The van der Waals surface area contributed by atoms with Gasteiger partial charge in [-0.1, -0.05) is 0 Å². The van der Waals surface area contributed by atoms with Crippen molar-refractivity contribution in [3.05, 3.63) is 11.8 Å². The van der Waals surface area contributed by atoms with E-state index in [0.29, 0.717) is 31.1 Å². The second kappa shape index (κ2) is 6.17. The van der Waals surface area contributed by atoms with Crippen molar-refractivity contribution in [3.63, 3.8) is 0 Å². The second-order valence-corrected chi connectivity index (χ2v) is 7.71. The molecule has 3 aliphatic rings. The minimum atomic E-state index is -4.54. The van der Waals surface area contributed by atoms with Crippen LogP contribution in [0.1, 0.15) is 25.5 Å². The van der Waals surface area contributed by atoms with E-state index in [9.17, 15) is 18.0 Å². The average molecular weight is 385 g/mol. The standard InChI is InChI=1S/C18H22F3N3O3/c1-9-3-4-24(9)17-16(27-2)13(6-14(22-17)18(19,20)21)23-7-11-10(5-15(25)26)12(11)8-23/h6,9-12H,3-5,7-8H2,1-2H3,(H,25,26). The third kappa shape index (κ3) is 3.06. The summed E-state index contributed by atoms with van der Waals surface area (Å²) in [4.78, 5) is 18.5. The summed E-state index contributed by atoms with van der Waals surface area (Å²) >= 11 is 0. The fourth-order valence-corrected chi connectivity index (χ4v) is 4.46. The lowest BCUT2D eigenvalue weighted by molar-refractivity contribution is -0.141. The first-order chi connectivity index (χ1) is 12.7. The molecule has 1 aromatic heterocycles. The van der Waals surface area contributed by atoms with Crippen molar-refractivity contribution in [2.45, 2.75) is 32.0 Å². The van der Waals surface area contributed by atoms with Crippen molar-refractivity contribution in [1.29, 1.82) is 0 Å². The van der Waals surface area contributed by atoms with Crippen LogP contribution in [0.15, 0.2) is 6.07 Å². The predicted molar refractivity (Wildman–Crippen MR) is 92.2 cm³/mol. The van der Waals surface area contributed by atoms with Crippen LogP contribution in [0, 0.1) is 17.8 Å². The second-order valence-electron chi connectivity index (χ2n) is 7.71. The van der Waals surface area contributed by atoms with Crippen molar-refractivity contribution in [2.24, 2.45) is 17.8 Å². The summed E-state index contributed by atoms with van der Waals surface area (Å²) in [6, 6.07) is 1.18. The molecule has 0 spiro atoms. The zero-order valence-electron chi connectivity index (χ0n) is 15.2. The Labute approximate surface area is 154 Å². The maximum absolute atomic E-state index is 13.4. The van der Waals surface area contributed by atoms with Gasteiger partial charge >= 0.3 is 12.1 Å². The van der Waals surface area contributed by atoms with Gasteiger partial charge in [-0.15, -0.1) is 0 Å². The molecule has 1 aliphatic carbocycles. The molecular weight excluding hydrogens is 363 g/mol. The van der Waals surface area contributed by atoms with Gasteiger partial charge < -0.3 is 19.6 Å². The number of aliphatic carboxylic acids is 1. The quantitative estimate of drug-likeness (QED) is 0.841. The molecule has 2 aliphatic heterocycles. The molecule has 0 aromatic carbocycles. The van der Waals surface area contributed by atoms with Gasteiger partial charge in [-0.3, -0.25) is 4.79 Å². The molecule has 2 saturated heterocycles. The van der Waals surface area contributed by atoms with Crippen LogP contribution in [0.5, 0.6) is 5.75 Å². The first-order valence-electron chi connectivity index (χ1n) is 9.10. The molecule has 1 N–H and O–H groups in total. The highest BCUT2D eigenvalue weighted by Gasteiger charge is 2.56. The molecule has 27 heavy (non-hydrogen) atoms. The van der Waals surface area contributed by atoms with Gasteiger partial charge in [0.15, 0.2) is 11.6 Å². The summed E-state index contributed by atoms with van der Waals surface area (Å²) in [5.41, 5.74) is -0.523. The van der Waals surface area contributed by atoms with Gasteiger partial charge in [-0.05, 0) is 37.2 Å². The van der Waals surface area contributed by atoms with Gasteiger partial charge in [-0.2, -0.15) is 13.2 Å². The Bertz CT molecular complexity index is 758. The Morgan fingerprint density at radius 1 is 1.37 bits per heavy atom. The molecule has 3 unspecified atom stereocenters. The minimum Gasteiger partial charge on any atom is -0.491 e. The summed E-state index contributed by atoms with van der Waals surface area (Å²) in [7, 11) is 1.45. The zero-order chi connectivity index (χ0) is 19.5. The number of halogens is 3. The summed E-state index contributed by atoms with van der Waals surface area (Å²) in [5.74, 6) is 0.355. The van der Waals surface area contributed by atoms with E-state index >= 15 is 0 Å². The van der Waals surface area contributed by atoms with Crippen LogP contribution in [0.3, 0.4) is 0 Å². The number of piperidine rings is 1. The molecule has 3 atom stereocenters. The number of carboxylic acids is 1. The largest absolute Gasteiger partial charge is 0.491 e. The number of carboxylic acid groups (broad SMARTS) is 1. The molecule has 0 bridgehead atoms. The van der Waals surface area contributed by atoms with Gasteiger partial charge in [0.05, 0.1) is 12.8 Å². The average Bonchev–Trinajstić information content (AvgIpc) is 3.02. The zero-order valence-corrected chi connectivity index (χ0v) is 15.2. The number of fused-ring (bicyclic) bond motifs is 1. The van der Waals surface area contributed by atoms with Crippen molar-refractivity contribution < 1.29 is 27.8 Å². The molecule has 0 amide bonds. The molecular formula is C18H22F3N3O3. The summed E-state index contributed by atoms with van der Waals surface area (Å²) < 4.78 is 45.8. The van der Waals surface area contributed by atoms with E-state index < -0.39 is 17.8 Å². The van der Waals surface area contributed by atoms with Crippen molar-refractivity contribution in [2.75, 3.05) is 36.5 Å². The van der Waals surface area contributed by atoms with Gasteiger partial charge in [0.25, 0.3) is 0 Å². The molecule has 3 heterocycles. The van der Waals surface area contributed by atoms with E-state index in [0.717, 1.165) is 12.5 Å². The molecule has 3 fully saturated rings. The highest BCUT2D eigenvalue weighted by molar-refractivity contribution is 5.73. The van der Waals surface area contributed by atoms with Crippen molar-refractivity contribution in [3.8, 4) is 5.75 Å². The molecule has 1 saturated carbocycles. The molecule has 148 valence electrons. The number of pyridine rings is 1. The number of nitrogens with zero attached hydrogens (tertiary/aromatic N) is 3. The smallest absolute Gasteiger partial charge is 0.433 e. The molecule has 0 radical (unpaired) electrons. The van der Waals surface area contributed by atoms with Crippen LogP contribution < -0.4 is 14.5 Å². The Morgan fingerprint density at radius 2 is 2.04 bits per heavy atom. The van der Waals surface area contributed by atoms with Crippen LogP contribution in [0.4, 0.5) is 24.7 Å². The number of rotatable bonds is 5. The fraction of sp³-hybridized carbons (Fsp3) is 0.667. The van der Waals surface area contributed by atoms with E-state index in [2.05, 4.69) is 4.98 Å². The topological polar surface area (TPSA) is 65.9 Å². The van der Waals surface area contributed by atoms with Crippen molar-refractivity contribution >= 4 is 17.5 Å². The number of ether oxygens (including phenoxy) is 1. The number of alkyl halides is 3. The molecule has 6 nitrogen and oxygen atoms in total. The number of aromatic nitrogens is 1. The highest BCUT2D eigenvalue weighted by Crippen LogP contribution is 2.56. The predicted octanol–water partition coefficient (Wildman–Crippen LogP) is 2.86. The Morgan fingerprint density at radius 3 is 2.48 bits per heavy atom. The summed E-state index contributed by atoms with van der Waals surface area (Å²) in [6.45, 7) is 3.70. The summed E-state index contributed by atoms with van der Waals surface area (Å²) in [5, 5.41) is 8.95. The van der Waals surface area contributed by atoms with Crippen LogP contribution in [-0.2, 0) is 11.0 Å². The maximum Gasteiger partial charge on any atom is 0.433 e. The van der Waals surface area contributed by atoms with Crippen LogP contribution >= 0.6 is 0 Å². The van der Waals surface area contributed by atoms with E-state index in [1.165, 1.54) is 7.11 Å². The monoisotopic (exact) mass is 385 g/mol. The van der Waals surface area contributed by atoms with E-state index in [1.807, 2.05) is 16.7 Å². The van der Waals surface area contributed by atoms with Gasteiger partial charge in [0, 0.05) is 32.1 Å². The highest BCUT2D eigenvalue weighted by atomic mass is 19.4. The maximum atomic E-state index is 13.4. The molecule has 9 heteroatoms. The van der Waals surface area contributed by atoms with Crippen LogP contribution in [0.2, 0.25) is 0 Å². The van der Waals surface area contributed by atoms with E-state index in [4.69, 9.17) is 9.84 Å². The van der Waals surface area contributed by atoms with Gasteiger partial charge in [0.1, 0.15) is 5.69 Å². The lowest BCUT2D eigenvalue weighted by atomic mass is 10.0. The first-order valence-corrected chi connectivity index (χ1v) is 9.10. The first kappa shape index (κ1) is 18.2. The minimum absolute atomic E-state index is 0.120. The molecule has 4 rings (SSSR count). The fourth-order valence-electron chi connectivity index (χ4n) is 4.46. The third-order valence-corrected chi connectivity index (χ3v) is 6.14. The number of carbonyl (C=O) groups is 1. The van der Waals surface area contributed by atoms with Crippen LogP contribution in [-0.4, -0.2) is 48.8 Å². The van der Waals surface area contributed by atoms with Gasteiger partial charge in [-0.25, -0.2) is 4.98 Å². The van der Waals surface area contributed by atoms with E-state index in [-0.39, 0.29) is 36.0 Å². The SMILES string of the molecule is COc1c(N2CC3C(CC(=O)O)C3C2)cc(C(F)(F)F)nc1N1CCC1C. The Kier molecular flexibility index (Phi) is 4.16. The third-order valence-electron chi connectivity index (χ3n) is 6.14. The Balaban J connectivity index is 1.66. The number of methoxy groups -OCH3 is 1. The number of hydrogen-bond donors (Lipinski definition) is 1.